The molecule has 0 fully saturated rings. The third-order valence-electron chi connectivity index (χ3n) is 2.01. The number of hydrogen-bond donors (Lipinski definition) is 0. The van der Waals surface area contributed by atoms with Crippen LogP contribution >= 0.6 is 0 Å². The monoisotopic (exact) mass is 200 g/mol. The molecular weight excluding hydrogens is 186 g/mol. The van der Waals surface area contributed by atoms with Crippen molar-refractivity contribution in [3.63, 3.8) is 0 Å². The summed E-state index contributed by atoms with van der Waals surface area (Å²) in [5.74, 6) is -0.209. The maximum absolute atomic E-state index is 13.0. The third kappa shape index (κ3) is 2.69. The molecule has 0 aliphatic heterocycles. The summed E-state index contributed by atoms with van der Waals surface area (Å²) in [6, 6.07) is 4.32. The summed E-state index contributed by atoms with van der Waals surface area (Å²) in [6.45, 7) is 3.52. The second kappa shape index (κ2) is 4.94. The van der Waals surface area contributed by atoms with E-state index in [1.54, 1.807) is 13.0 Å². The summed E-state index contributed by atoms with van der Waals surface area (Å²) in [5, 5.41) is 0. The van der Waals surface area contributed by atoms with Gasteiger partial charge in [-0.25, -0.2) is 4.39 Å². The van der Waals surface area contributed by atoms with Crippen molar-refractivity contribution in [3.8, 4) is 5.75 Å². The van der Waals surface area contributed by atoms with Crippen molar-refractivity contribution >= 4 is 0 Å². The molecule has 0 aliphatic rings. The van der Waals surface area contributed by atoms with Crippen LogP contribution in [0.15, 0.2) is 18.2 Å². The van der Waals surface area contributed by atoms with Gasteiger partial charge in [-0.1, -0.05) is 6.92 Å². The van der Waals surface area contributed by atoms with Gasteiger partial charge in [-0.2, -0.15) is 0 Å². The van der Waals surface area contributed by atoms with Gasteiger partial charge in [0.2, 0.25) is 0 Å². The van der Waals surface area contributed by atoms with Crippen LogP contribution in [0.5, 0.6) is 5.75 Å². The van der Waals surface area contributed by atoms with Crippen molar-refractivity contribution in [3.05, 3.63) is 29.6 Å². The fraction of sp³-hybridized carbons (Fsp3) is 0.455. The van der Waals surface area contributed by atoms with Crippen LogP contribution in [-0.4, -0.2) is 13.3 Å². The minimum Gasteiger partial charge on any atom is -0.494 e. The standard InChI is InChI=1S/C11H14F2O/c1-3-14-11-5-9(8(2)7-12)4-10(13)6-11/h4-6,8H,3,7H2,1-2H3. The van der Waals surface area contributed by atoms with E-state index in [9.17, 15) is 8.78 Å². The van der Waals surface area contributed by atoms with Gasteiger partial charge in [0.1, 0.15) is 11.6 Å². The molecule has 0 spiro atoms. The van der Waals surface area contributed by atoms with E-state index in [-0.39, 0.29) is 11.7 Å². The van der Waals surface area contributed by atoms with E-state index >= 15 is 0 Å². The van der Waals surface area contributed by atoms with Gasteiger partial charge in [-0.15, -0.1) is 0 Å². The SMILES string of the molecule is CCOc1cc(F)cc(C(C)CF)c1. The number of halogens is 2. The lowest BCUT2D eigenvalue weighted by atomic mass is 10.0. The zero-order valence-electron chi connectivity index (χ0n) is 8.39. The fourth-order valence-corrected chi connectivity index (χ4v) is 1.21. The number of rotatable bonds is 4. The van der Waals surface area contributed by atoms with Crippen LogP contribution in [0.25, 0.3) is 0 Å². The molecule has 1 aromatic rings. The summed E-state index contributed by atoms with van der Waals surface area (Å²) < 4.78 is 30.6. The van der Waals surface area contributed by atoms with E-state index in [0.717, 1.165) is 0 Å². The topological polar surface area (TPSA) is 9.23 Å². The van der Waals surface area contributed by atoms with Crippen LogP contribution in [0.4, 0.5) is 8.78 Å². The maximum Gasteiger partial charge on any atom is 0.127 e. The summed E-state index contributed by atoms with van der Waals surface area (Å²) in [5.41, 5.74) is 0.635. The molecule has 1 nitrogen and oxygen atoms in total. The molecule has 1 aromatic carbocycles. The molecule has 0 saturated heterocycles. The highest BCUT2D eigenvalue weighted by molar-refractivity contribution is 5.31. The average Bonchev–Trinajstić information content (AvgIpc) is 2.16. The Kier molecular flexibility index (Phi) is 3.86. The normalized spacial score (nSPS) is 12.6. The first-order valence-electron chi connectivity index (χ1n) is 4.66. The van der Waals surface area contributed by atoms with E-state index < -0.39 is 6.67 Å². The van der Waals surface area contributed by atoms with E-state index in [0.29, 0.717) is 17.9 Å². The Labute approximate surface area is 82.7 Å². The van der Waals surface area contributed by atoms with Crippen LogP contribution in [0, 0.1) is 5.82 Å². The van der Waals surface area contributed by atoms with Gasteiger partial charge in [0.05, 0.1) is 13.3 Å². The Bertz CT molecular complexity index is 299. The summed E-state index contributed by atoms with van der Waals surface area (Å²) in [7, 11) is 0. The zero-order valence-corrected chi connectivity index (χ0v) is 8.39. The molecule has 1 unspecified atom stereocenters. The Hall–Kier alpha value is -1.12. The van der Waals surface area contributed by atoms with Crippen molar-refractivity contribution in [1.29, 1.82) is 0 Å². The summed E-state index contributed by atoms with van der Waals surface area (Å²) in [6.07, 6.45) is 0. The molecule has 0 bridgehead atoms. The Morgan fingerprint density at radius 2 is 2.07 bits per heavy atom. The van der Waals surface area contributed by atoms with Crippen LogP contribution in [0.2, 0.25) is 0 Å². The molecule has 0 aromatic heterocycles. The van der Waals surface area contributed by atoms with Gasteiger partial charge < -0.3 is 4.74 Å². The maximum atomic E-state index is 13.0. The molecule has 0 aliphatic carbocycles. The molecule has 1 atom stereocenters. The smallest absolute Gasteiger partial charge is 0.127 e. The van der Waals surface area contributed by atoms with Gasteiger partial charge in [-0.3, -0.25) is 4.39 Å². The van der Waals surface area contributed by atoms with Crippen molar-refractivity contribution < 1.29 is 13.5 Å². The molecule has 0 saturated carbocycles. The van der Waals surface area contributed by atoms with Gasteiger partial charge in [0.15, 0.2) is 0 Å². The predicted molar refractivity (Wildman–Crippen MR) is 52.0 cm³/mol. The Balaban J connectivity index is 2.94. The Morgan fingerprint density at radius 3 is 2.64 bits per heavy atom. The average molecular weight is 200 g/mol. The number of hydrogen-bond acceptors (Lipinski definition) is 1. The van der Waals surface area contributed by atoms with Gasteiger partial charge in [0.25, 0.3) is 0 Å². The molecular formula is C11H14F2O. The molecule has 14 heavy (non-hydrogen) atoms. The van der Waals surface area contributed by atoms with E-state index in [2.05, 4.69) is 0 Å². The first-order valence-corrected chi connectivity index (χ1v) is 4.66. The predicted octanol–water partition coefficient (Wildman–Crippen LogP) is 3.30. The quantitative estimate of drug-likeness (QED) is 0.724. The van der Waals surface area contributed by atoms with Crippen molar-refractivity contribution in [2.75, 3.05) is 13.3 Å². The van der Waals surface area contributed by atoms with Gasteiger partial charge in [-0.05, 0) is 24.6 Å². The lowest BCUT2D eigenvalue weighted by Gasteiger charge is -2.10. The highest BCUT2D eigenvalue weighted by Gasteiger charge is 2.08. The van der Waals surface area contributed by atoms with Crippen LogP contribution in [0.3, 0.4) is 0 Å². The molecule has 3 heteroatoms. The molecule has 1 rings (SSSR count). The zero-order chi connectivity index (χ0) is 10.6. The highest BCUT2D eigenvalue weighted by atomic mass is 19.1. The van der Waals surface area contributed by atoms with E-state index in [1.807, 2.05) is 6.92 Å². The van der Waals surface area contributed by atoms with Crippen molar-refractivity contribution in [2.24, 2.45) is 0 Å². The van der Waals surface area contributed by atoms with E-state index in [1.165, 1.54) is 12.1 Å². The summed E-state index contributed by atoms with van der Waals surface area (Å²) in [4.78, 5) is 0. The largest absolute Gasteiger partial charge is 0.494 e. The first kappa shape index (κ1) is 11.0. The van der Waals surface area contributed by atoms with Crippen LogP contribution < -0.4 is 4.74 Å². The molecule has 78 valence electrons. The summed E-state index contributed by atoms with van der Waals surface area (Å²) >= 11 is 0. The van der Waals surface area contributed by atoms with Crippen LogP contribution in [-0.2, 0) is 0 Å². The molecule has 0 N–H and O–H groups in total. The van der Waals surface area contributed by atoms with Crippen molar-refractivity contribution in [2.45, 2.75) is 19.8 Å². The number of ether oxygens (including phenoxy) is 1. The Morgan fingerprint density at radius 1 is 1.36 bits per heavy atom. The lowest BCUT2D eigenvalue weighted by molar-refractivity contribution is 0.337. The number of benzene rings is 1. The fourth-order valence-electron chi connectivity index (χ4n) is 1.21. The second-order valence-electron chi connectivity index (χ2n) is 3.21. The van der Waals surface area contributed by atoms with Gasteiger partial charge >= 0.3 is 0 Å². The molecule has 0 radical (unpaired) electrons. The van der Waals surface area contributed by atoms with Crippen molar-refractivity contribution in [1.82, 2.24) is 0 Å². The second-order valence-corrected chi connectivity index (χ2v) is 3.21. The van der Waals surface area contributed by atoms with Gasteiger partial charge in [0, 0.05) is 12.0 Å². The van der Waals surface area contributed by atoms with E-state index in [4.69, 9.17) is 4.74 Å². The van der Waals surface area contributed by atoms with Crippen LogP contribution in [0.1, 0.15) is 25.3 Å². The first-order chi connectivity index (χ1) is 6.67. The minimum absolute atomic E-state index is 0.287. The third-order valence-corrected chi connectivity index (χ3v) is 2.01. The molecule has 0 amide bonds. The minimum atomic E-state index is -0.491. The molecule has 0 heterocycles. The number of alkyl halides is 1. The highest BCUT2D eigenvalue weighted by Crippen LogP contribution is 2.23. The lowest BCUT2D eigenvalue weighted by Crippen LogP contribution is -1.99.